The maximum Gasteiger partial charge on any atom is 0.328 e. The molecular weight excluding hydrogens is 340 g/mol. The second kappa shape index (κ2) is 9.24. The number of urea groups is 1. The smallest absolute Gasteiger partial charge is 0.328 e. The third-order valence-electron chi connectivity index (χ3n) is 3.10. The van der Waals surface area contributed by atoms with Gasteiger partial charge in [-0.05, 0) is 6.92 Å². The molecule has 1 heterocycles. The first-order chi connectivity index (χ1) is 11.6. The summed E-state index contributed by atoms with van der Waals surface area (Å²) in [5, 5.41) is 44.5. The van der Waals surface area contributed by atoms with Crippen LogP contribution in [0.2, 0.25) is 0 Å². The average molecular weight is 362 g/mol. The summed E-state index contributed by atoms with van der Waals surface area (Å²) in [7, 11) is 0. The molecule has 0 aliphatic heterocycles. The molecule has 0 bridgehead atoms. The molecule has 25 heavy (non-hydrogen) atoms. The topological polar surface area (TPSA) is 230 Å². The highest BCUT2D eigenvalue weighted by Crippen LogP contribution is 2.17. The van der Waals surface area contributed by atoms with Crippen LogP contribution in [-0.2, 0) is 4.79 Å². The summed E-state index contributed by atoms with van der Waals surface area (Å²) < 4.78 is 4.92. The van der Waals surface area contributed by atoms with Crippen LogP contribution in [0.25, 0.3) is 0 Å². The van der Waals surface area contributed by atoms with Crippen LogP contribution in [0.4, 0.5) is 4.79 Å². The van der Waals surface area contributed by atoms with Crippen LogP contribution in [0.1, 0.15) is 37.1 Å². The molecule has 0 spiro atoms. The van der Waals surface area contributed by atoms with Crippen molar-refractivity contribution < 1.29 is 34.5 Å². The normalized spacial score (nSPS) is 17.2. The fourth-order valence-corrected chi connectivity index (χ4v) is 1.81. The summed E-state index contributed by atoms with van der Waals surface area (Å²) in [6, 6.07) is -4.48. The second-order valence-electron chi connectivity index (χ2n) is 5.31. The van der Waals surface area contributed by atoms with Crippen molar-refractivity contribution in [1.29, 1.82) is 0 Å². The fraction of sp³-hybridized carbons (Fsp3) is 0.667. The Labute approximate surface area is 142 Å². The van der Waals surface area contributed by atoms with E-state index in [0.717, 1.165) is 0 Å². The molecule has 2 unspecified atom stereocenters. The van der Waals surface area contributed by atoms with E-state index in [1.807, 2.05) is 0 Å². The number of carbonyl (C=O) groups is 2. The Morgan fingerprint density at radius 1 is 1.28 bits per heavy atom. The number of rotatable bonds is 9. The van der Waals surface area contributed by atoms with Crippen LogP contribution >= 0.6 is 0 Å². The predicted octanol–water partition coefficient (Wildman–Crippen LogP) is -3.10. The number of aromatic nitrogens is 2. The van der Waals surface area contributed by atoms with E-state index in [0.29, 0.717) is 0 Å². The lowest BCUT2D eigenvalue weighted by Gasteiger charge is -2.21. The van der Waals surface area contributed by atoms with Gasteiger partial charge in [0.25, 0.3) is 0 Å². The number of hydrogen-bond acceptors (Lipinski definition) is 10. The number of nitrogens with one attached hydrogen (secondary N) is 2. The van der Waals surface area contributed by atoms with Crippen LogP contribution in [0.15, 0.2) is 4.52 Å². The number of aliphatic carboxylic acids is 1. The minimum atomic E-state index is -1.55. The van der Waals surface area contributed by atoms with Crippen molar-refractivity contribution in [2.45, 2.75) is 43.8 Å². The van der Waals surface area contributed by atoms with Crippen molar-refractivity contribution in [2.24, 2.45) is 11.5 Å². The van der Waals surface area contributed by atoms with E-state index in [9.17, 15) is 19.8 Å². The number of carboxylic acid groups (broad SMARTS) is 1. The van der Waals surface area contributed by atoms with Gasteiger partial charge in [0.15, 0.2) is 11.9 Å². The summed E-state index contributed by atoms with van der Waals surface area (Å²) in [6.45, 7) is 0.756. The number of hydrogen-bond donors (Lipinski definition) is 8. The molecule has 0 fully saturated rings. The first-order valence-corrected chi connectivity index (χ1v) is 7.27. The van der Waals surface area contributed by atoms with Gasteiger partial charge in [0.05, 0.1) is 18.8 Å². The number of aliphatic hydroxyl groups is 3. The molecule has 13 nitrogen and oxygen atoms in total. The van der Waals surface area contributed by atoms with Crippen molar-refractivity contribution in [3.8, 4) is 0 Å². The maximum absolute atomic E-state index is 12.0. The van der Waals surface area contributed by atoms with Gasteiger partial charge in [-0.1, -0.05) is 5.16 Å². The molecule has 13 heteroatoms. The molecule has 0 saturated heterocycles. The number of aliphatic hydroxyl groups excluding tert-OH is 3. The van der Waals surface area contributed by atoms with E-state index in [2.05, 4.69) is 20.8 Å². The van der Waals surface area contributed by atoms with E-state index < -0.39 is 49.1 Å². The lowest BCUT2D eigenvalue weighted by molar-refractivity contribution is -0.141. The van der Waals surface area contributed by atoms with Crippen molar-refractivity contribution in [3.63, 3.8) is 0 Å². The van der Waals surface area contributed by atoms with Crippen molar-refractivity contribution >= 4 is 12.0 Å². The Hall–Kier alpha value is -2.32. The van der Waals surface area contributed by atoms with Crippen LogP contribution in [0.3, 0.4) is 0 Å². The summed E-state index contributed by atoms with van der Waals surface area (Å²) in [5.74, 6) is -1.61. The van der Waals surface area contributed by atoms with Gasteiger partial charge in [0.2, 0.25) is 5.89 Å². The first-order valence-electron chi connectivity index (χ1n) is 7.27. The predicted molar refractivity (Wildman–Crippen MR) is 80.6 cm³/mol. The molecule has 5 atom stereocenters. The monoisotopic (exact) mass is 362 g/mol. The van der Waals surface area contributed by atoms with Crippen LogP contribution in [-0.4, -0.2) is 67.5 Å². The van der Waals surface area contributed by atoms with Gasteiger partial charge in [-0.25, -0.2) is 9.59 Å². The Morgan fingerprint density at radius 2 is 1.92 bits per heavy atom. The lowest BCUT2D eigenvalue weighted by atomic mass is 10.1. The number of nitrogens with two attached hydrogens (primary N) is 2. The van der Waals surface area contributed by atoms with Gasteiger partial charge in [-0.2, -0.15) is 4.98 Å². The zero-order valence-corrected chi connectivity index (χ0v) is 13.4. The molecule has 0 aromatic carbocycles. The molecule has 2 amide bonds. The van der Waals surface area contributed by atoms with Gasteiger partial charge in [0.1, 0.15) is 12.3 Å². The van der Waals surface area contributed by atoms with E-state index >= 15 is 0 Å². The van der Waals surface area contributed by atoms with E-state index in [4.69, 9.17) is 26.2 Å². The molecule has 0 radical (unpaired) electrons. The second-order valence-corrected chi connectivity index (χ2v) is 5.31. The minimum absolute atomic E-state index is 0.0244. The van der Waals surface area contributed by atoms with Gasteiger partial charge in [-0.3, -0.25) is 0 Å². The maximum atomic E-state index is 12.0. The average Bonchev–Trinajstić information content (AvgIpc) is 3.00. The number of amides is 2. The van der Waals surface area contributed by atoms with Gasteiger partial charge in [-0.15, -0.1) is 0 Å². The highest BCUT2D eigenvalue weighted by Gasteiger charge is 2.28. The van der Waals surface area contributed by atoms with Crippen molar-refractivity contribution in [1.82, 2.24) is 20.8 Å². The Bertz CT molecular complexity index is 578. The molecule has 0 saturated carbocycles. The molecular formula is C12H22N6O7. The third kappa shape index (κ3) is 6.24. The Morgan fingerprint density at radius 3 is 2.40 bits per heavy atom. The largest absolute Gasteiger partial charge is 0.480 e. The van der Waals surface area contributed by atoms with Crippen LogP contribution in [0.5, 0.6) is 0 Å². The molecule has 142 valence electrons. The zero-order valence-electron chi connectivity index (χ0n) is 13.4. The quantitative estimate of drug-likeness (QED) is 0.205. The summed E-state index contributed by atoms with van der Waals surface area (Å²) >= 11 is 0. The van der Waals surface area contributed by atoms with Gasteiger partial charge >= 0.3 is 12.0 Å². The number of carboxylic acids is 1. The lowest BCUT2D eigenvalue weighted by Crippen LogP contribution is -2.52. The first kappa shape index (κ1) is 20.7. The van der Waals surface area contributed by atoms with Crippen molar-refractivity contribution in [2.75, 3.05) is 6.61 Å². The van der Waals surface area contributed by atoms with E-state index in [1.165, 1.54) is 6.92 Å². The van der Waals surface area contributed by atoms with Crippen molar-refractivity contribution in [3.05, 3.63) is 11.7 Å². The number of nitrogens with zero attached hydrogens (tertiary/aromatic N) is 2. The zero-order chi connectivity index (χ0) is 19.1. The highest BCUT2D eigenvalue weighted by molar-refractivity contribution is 5.83. The molecule has 1 aromatic rings. The standard InChI is InChI=1S/C12H22N6O7/c1-4(20)8(11(22)23)16-12(24)15-6(2-7(14)21)10-17-9(18-25-10)5(13)3-19/h4-8,19-21H,2-3,13-14H2,1H3,(H,22,23)(H2,15,16,24)/t4?,5-,6-,7?,8+/m1/s1. The van der Waals surface area contributed by atoms with Gasteiger partial charge < -0.3 is 47.1 Å². The molecule has 1 rings (SSSR count). The highest BCUT2D eigenvalue weighted by atomic mass is 16.5. The molecule has 0 aliphatic rings. The SMILES string of the molecule is CC(O)[C@H](NC(=O)N[C@H](CC(N)O)c1nc([C@H](N)CO)no1)C(=O)O. The molecule has 1 aromatic heterocycles. The van der Waals surface area contributed by atoms with Crippen LogP contribution in [0, 0.1) is 0 Å². The molecule has 10 N–H and O–H groups in total. The summed E-state index contributed by atoms with van der Waals surface area (Å²) in [6.07, 6.45) is -2.92. The fourth-order valence-electron chi connectivity index (χ4n) is 1.81. The number of carbonyl (C=O) groups excluding carboxylic acids is 1. The van der Waals surface area contributed by atoms with E-state index in [-0.39, 0.29) is 18.1 Å². The summed E-state index contributed by atoms with van der Waals surface area (Å²) in [4.78, 5) is 26.8. The Kier molecular flexibility index (Phi) is 7.66. The van der Waals surface area contributed by atoms with Crippen LogP contribution < -0.4 is 22.1 Å². The third-order valence-corrected chi connectivity index (χ3v) is 3.10. The minimum Gasteiger partial charge on any atom is -0.480 e. The molecule has 0 aliphatic carbocycles. The Balaban J connectivity index is 2.87. The summed E-state index contributed by atoms with van der Waals surface area (Å²) in [5.41, 5.74) is 10.8. The van der Waals surface area contributed by atoms with Gasteiger partial charge in [0, 0.05) is 6.42 Å². The van der Waals surface area contributed by atoms with E-state index in [1.54, 1.807) is 0 Å².